The molecule has 1 aliphatic heterocycles. The first kappa shape index (κ1) is 9.19. The van der Waals surface area contributed by atoms with E-state index in [9.17, 15) is 9.59 Å². The third kappa shape index (κ3) is 2.30. The third-order valence-corrected chi connectivity index (χ3v) is 1.82. The van der Waals surface area contributed by atoms with Crippen molar-refractivity contribution in [2.75, 3.05) is 26.3 Å². The number of nitrogens with zero attached hydrogens (tertiary/aromatic N) is 1. The lowest BCUT2D eigenvalue weighted by atomic mass is 10.2. The highest BCUT2D eigenvalue weighted by Gasteiger charge is 2.19. The van der Waals surface area contributed by atoms with E-state index in [4.69, 9.17) is 4.74 Å². The van der Waals surface area contributed by atoms with Crippen molar-refractivity contribution in [2.45, 2.75) is 6.92 Å². The highest BCUT2D eigenvalue weighted by Crippen LogP contribution is 2.02. The second-order valence-corrected chi connectivity index (χ2v) is 3.01. The van der Waals surface area contributed by atoms with Crippen molar-refractivity contribution in [1.82, 2.24) is 4.90 Å². The lowest BCUT2D eigenvalue weighted by Crippen LogP contribution is -2.43. The molecule has 0 radical (unpaired) electrons. The normalized spacial score (nSPS) is 20.8. The number of aldehydes is 1. The van der Waals surface area contributed by atoms with E-state index in [1.54, 1.807) is 11.8 Å². The Hall–Kier alpha value is -0.900. The fraction of sp³-hybridized carbons (Fsp3) is 0.750. The maximum Gasteiger partial charge on any atom is 0.248 e. The van der Waals surface area contributed by atoms with E-state index >= 15 is 0 Å². The van der Waals surface area contributed by atoms with Gasteiger partial charge in [-0.1, -0.05) is 6.92 Å². The first-order valence-electron chi connectivity index (χ1n) is 4.05. The number of carbonyl (C=O) groups is 2. The largest absolute Gasteiger partial charge is 0.370 e. The van der Waals surface area contributed by atoms with Gasteiger partial charge >= 0.3 is 0 Å². The zero-order valence-electron chi connectivity index (χ0n) is 7.16. The quantitative estimate of drug-likeness (QED) is 0.547. The van der Waals surface area contributed by atoms with Crippen LogP contribution in [0, 0.1) is 5.92 Å². The summed E-state index contributed by atoms with van der Waals surface area (Å²) < 4.78 is 4.95. The van der Waals surface area contributed by atoms with Gasteiger partial charge in [0, 0.05) is 19.0 Å². The van der Waals surface area contributed by atoms with Crippen molar-refractivity contribution >= 4 is 12.2 Å². The van der Waals surface area contributed by atoms with Crippen LogP contribution in [0.5, 0.6) is 0 Å². The molecule has 0 bridgehead atoms. The van der Waals surface area contributed by atoms with Gasteiger partial charge in [0.1, 0.15) is 12.9 Å². The molecule has 1 fully saturated rings. The summed E-state index contributed by atoms with van der Waals surface area (Å²) in [6, 6.07) is 0. The van der Waals surface area contributed by atoms with E-state index in [-0.39, 0.29) is 18.4 Å². The average molecular weight is 171 g/mol. The van der Waals surface area contributed by atoms with E-state index in [1.807, 2.05) is 0 Å². The van der Waals surface area contributed by atoms with Crippen LogP contribution in [0.15, 0.2) is 0 Å². The molecule has 4 nitrogen and oxygen atoms in total. The van der Waals surface area contributed by atoms with Crippen LogP contribution in [-0.4, -0.2) is 43.4 Å². The van der Waals surface area contributed by atoms with E-state index in [1.165, 1.54) is 0 Å². The highest BCUT2D eigenvalue weighted by molar-refractivity contribution is 5.78. The minimum absolute atomic E-state index is 0.0186. The van der Waals surface area contributed by atoms with Crippen molar-refractivity contribution in [1.29, 1.82) is 0 Å². The number of carbonyl (C=O) groups excluding carboxylic acids is 2. The van der Waals surface area contributed by atoms with Crippen molar-refractivity contribution in [3.63, 3.8) is 0 Å². The average Bonchev–Trinajstić information content (AvgIpc) is 2.09. The summed E-state index contributed by atoms with van der Waals surface area (Å²) in [6.45, 7) is 3.67. The van der Waals surface area contributed by atoms with Crippen molar-refractivity contribution in [2.24, 2.45) is 5.92 Å². The topological polar surface area (TPSA) is 46.6 Å². The summed E-state index contributed by atoms with van der Waals surface area (Å²) in [6.07, 6.45) is 0.864. The summed E-state index contributed by atoms with van der Waals surface area (Å²) in [7, 11) is 0. The molecule has 0 saturated carbocycles. The van der Waals surface area contributed by atoms with E-state index in [0.717, 1.165) is 6.29 Å². The van der Waals surface area contributed by atoms with Gasteiger partial charge in [0.05, 0.1) is 6.61 Å². The van der Waals surface area contributed by atoms with Crippen molar-refractivity contribution in [3.8, 4) is 0 Å². The lowest BCUT2D eigenvalue weighted by molar-refractivity contribution is -0.143. The zero-order valence-corrected chi connectivity index (χ0v) is 7.16. The van der Waals surface area contributed by atoms with Gasteiger partial charge < -0.3 is 14.4 Å². The van der Waals surface area contributed by atoms with E-state index in [0.29, 0.717) is 19.7 Å². The number of morpholine rings is 1. The Morgan fingerprint density at radius 2 is 2.50 bits per heavy atom. The number of hydrogen-bond acceptors (Lipinski definition) is 3. The molecule has 1 rings (SSSR count). The highest BCUT2D eigenvalue weighted by atomic mass is 16.5. The lowest BCUT2D eigenvalue weighted by Gasteiger charge is -2.27. The molecule has 0 aromatic rings. The number of amides is 1. The van der Waals surface area contributed by atoms with Gasteiger partial charge in [0.2, 0.25) is 5.91 Å². The molecule has 0 aromatic carbocycles. The molecular weight excluding hydrogens is 158 g/mol. The van der Waals surface area contributed by atoms with Crippen molar-refractivity contribution in [3.05, 3.63) is 0 Å². The Balaban J connectivity index is 2.38. The molecule has 1 heterocycles. The molecule has 68 valence electrons. The smallest absolute Gasteiger partial charge is 0.248 e. The predicted octanol–water partition coefficient (Wildman–Crippen LogP) is -0.320. The van der Waals surface area contributed by atoms with Crippen LogP contribution in [-0.2, 0) is 14.3 Å². The molecule has 1 saturated heterocycles. The summed E-state index contributed by atoms with van der Waals surface area (Å²) in [5, 5.41) is 0. The van der Waals surface area contributed by atoms with Crippen LogP contribution < -0.4 is 0 Å². The van der Waals surface area contributed by atoms with Crippen LogP contribution in [0.1, 0.15) is 6.92 Å². The molecule has 4 heteroatoms. The SMILES string of the molecule is CC(C=O)CN1CCOCC1=O. The van der Waals surface area contributed by atoms with Crippen molar-refractivity contribution < 1.29 is 14.3 Å². The minimum Gasteiger partial charge on any atom is -0.370 e. The molecule has 12 heavy (non-hydrogen) atoms. The van der Waals surface area contributed by atoms with E-state index in [2.05, 4.69) is 0 Å². The monoisotopic (exact) mass is 171 g/mol. The second-order valence-electron chi connectivity index (χ2n) is 3.01. The van der Waals surface area contributed by atoms with Gasteiger partial charge in [0.15, 0.2) is 0 Å². The Labute approximate surface area is 71.5 Å². The standard InChI is InChI=1S/C8H13NO3/c1-7(5-10)4-9-2-3-12-6-8(9)11/h5,7H,2-4,6H2,1H3. The molecule has 0 aliphatic carbocycles. The van der Waals surface area contributed by atoms with Crippen LogP contribution in [0.4, 0.5) is 0 Å². The van der Waals surface area contributed by atoms with Crippen LogP contribution in [0.2, 0.25) is 0 Å². The van der Waals surface area contributed by atoms with Gasteiger partial charge in [-0.3, -0.25) is 4.79 Å². The second kappa shape index (κ2) is 4.21. The Morgan fingerprint density at radius 1 is 1.75 bits per heavy atom. The summed E-state index contributed by atoms with van der Waals surface area (Å²) in [4.78, 5) is 23.1. The fourth-order valence-corrected chi connectivity index (χ4v) is 1.13. The zero-order chi connectivity index (χ0) is 8.97. The number of ether oxygens (including phenoxy) is 1. The van der Waals surface area contributed by atoms with Gasteiger partial charge in [-0.15, -0.1) is 0 Å². The maximum absolute atomic E-state index is 11.1. The molecule has 1 aliphatic rings. The van der Waals surface area contributed by atoms with E-state index < -0.39 is 0 Å². The first-order chi connectivity index (χ1) is 5.74. The number of hydrogen-bond donors (Lipinski definition) is 0. The van der Waals surface area contributed by atoms with Gasteiger partial charge in [-0.05, 0) is 0 Å². The van der Waals surface area contributed by atoms with Crippen LogP contribution in [0.25, 0.3) is 0 Å². The molecule has 1 unspecified atom stereocenters. The third-order valence-electron chi connectivity index (χ3n) is 1.82. The van der Waals surface area contributed by atoms with Gasteiger partial charge in [-0.25, -0.2) is 0 Å². The van der Waals surface area contributed by atoms with Gasteiger partial charge in [-0.2, -0.15) is 0 Å². The Bertz CT molecular complexity index is 181. The first-order valence-corrected chi connectivity index (χ1v) is 4.05. The summed E-state index contributed by atoms with van der Waals surface area (Å²) >= 11 is 0. The number of rotatable bonds is 3. The molecule has 0 aromatic heterocycles. The summed E-state index contributed by atoms with van der Waals surface area (Å²) in [5.74, 6) is -0.0954. The predicted molar refractivity (Wildman–Crippen MR) is 42.6 cm³/mol. The molecule has 1 amide bonds. The van der Waals surface area contributed by atoms with Gasteiger partial charge in [0.25, 0.3) is 0 Å². The molecule has 0 spiro atoms. The Morgan fingerprint density at radius 3 is 3.08 bits per heavy atom. The maximum atomic E-state index is 11.1. The molecular formula is C8H13NO3. The van der Waals surface area contributed by atoms with Crippen LogP contribution in [0.3, 0.4) is 0 Å². The minimum atomic E-state index is -0.0768. The molecule has 0 N–H and O–H groups in total. The Kier molecular flexibility index (Phi) is 3.22. The summed E-state index contributed by atoms with van der Waals surface area (Å²) in [5.41, 5.74) is 0. The van der Waals surface area contributed by atoms with Crippen LogP contribution >= 0.6 is 0 Å². The molecule has 1 atom stereocenters. The fourth-order valence-electron chi connectivity index (χ4n) is 1.13.